The molecule has 0 unspecified atom stereocenters. The average Bonchev–Trinajstić information content (AvgIpc) is 2.70. The van der Waals surface area contributed by atoms with Crippen molar-refractivity contribution in [2.75, 3.05) is 0 Å². The molecule has 0 aromatic heterocycles. The summed E-state index contributed by atoms with van der Waals surface area (Å²) in [7, 11) is -0.269. The van der Waals surface area contributed by atoms with Crippen LogP contribution >= 0.6 is 0 Å². The molecule has 1 saturated heterocycles. The molecule has 3 nitrogen and oxygen atoms in total. The molecule has 0 saturated carbocycles. The van der Waals surface area contributed by atoms with Crippen LogP contribution in [0.1, 0.15) is 40.5 Å². The molecule has 2 aliphatic rings. The van der Waals surface area contributed by atoms with Gasteiger partial charge in [-0.2, -0.15) is 0 Å². The van der Waals surface area contributed by atoms with Crippen LogP contribution in [0.4, 0.5) is 0 Å². The summed E-state index contributed by atoms with van der Waals surface area (Å²) in [6.07, 6.45) is 4.79. The van der Waals surface area contributed by atoms with Crippen molar-refractivity contribution in [3.8, 4) is 0 Å². The molecule has 0 bridgehead atoms. The second-order valence-corrected chi connectivity index (χ2v) is 5.67. The molecule has 1 aliphatic heterocycles. The summed E-state index contributed by atoms with van der Waals surface area (Å²) in [5.41, 5.74) is 0.533. The average molecular weight is 222 g/mol. The van der Waals surface area contributed by atoms with Crippen molar-refractivity contribution >= 4 is 13.4 Å². The van der Waals surface area contributed by atoms with E-state index in [2.05, 4.69) is 0 Å². The van der Waals surface area contributed by atoms with Crippen LogP contribution in [0.5, 0.6) is 0 Å². The van der Waals surface area contributed by atoms with E-state index < -0.39 is 0 Å². The molecule has 1 heterocycles. The van der Waals surface area contributed by atoms with Gasteiger partial charge >= 0.3 is 7.12 Å². The van der Waals surface area contributed by atoms with Gasteiger partial charge in [-0.15, -0.1) is 0 Å². The standard InChI is InChI=1S/C12H19BO3/c1-11(2)12(3,4)16-13(15-11)10-6-5-9(7-10)8-14/h7-9H,5-6H2,1-4H3/t9-/m1/s1. The number of rotatable bonds is 2. The van der Waals surface area contributed by atoms with Gasteiger partial charge in [-0.05, 0) is 46.0 Å². The lowest BCUT2D eigenvalue weighted by Gasteiger charge is -2.32. The first kappa shape index (κ1) is 11.9. The number of hydrogen-bond donors (Lipinski definition) is 0. The molecule has 0 amide bonds. The number of carbonyl (C=O) groups is 1. The first-order chi connectivity index (χ1) is 7.36. The highest BCUT2D eigenvalue weighted by Gasteiger charge is 2.52. The second-order valence-electron chi connectivity index (χ2n) is 5.67. The Bertz CT molecular complexity index is 317. The highest BCUT2D eigenvalue weighted by molar-refractivity contribution is 6.54. The number of hydrogen-bond acceptors (Lipinski definition) is 3. The van der Waals surface area contributed by atoms with E-state index in [0.29, 0.717) is 0 Å². The Morgan fingerprint density at radius 2 is 1.88 bits per heavy atom. The summed E-state index contributed by atoms with van der Waals surface area (Å²) >= 11 is 0. The molecule has 0 N–H and O–H groups in total. The van der Waals surface area contributed by atoms with Crippen LogP contribution in [0, 0.1) is 5.92 Å². The minimum atomic E-state index is -0.294. The quantitative estimate of drug-likeness (QED) is 0.530. The van der Waals surface area contributed by atoms with Crippen LogP contribution in [0.3, 0.4) is 0 Å². The van der Waals surface area contributed by atoms with E-state index in [1.807, 2.05) is 33.8 Å². The first-order valence-corrected chi connectivity index (χ1v) is 5.87. The molecule has 0 aromatic rings. The van der Waals surface area contributed by atoms with Crippen LogP contribution in [0.2, 0.25) is 0 Å². The van der Waals surface area contributed by atoms with Gasteiger partial charge in [0.2, 0.25) is 0 Å². The molecule has 2 rings (SSSR count). The van der Waals surface area contributed by atoms with Crippen molar-refractivity contribution in [3.63, 3.8) is 0 Å². The third-order valence-corrected chi connectivity index (χ3v) is 3.93. The van der Waals surface area contributed by atoms with Crippen molar-refractivity contribution in [1.29, 1.82) is 0 Å². The molecular weight excluding hydrogens is 203 g/mol. The summed E-state index contributed by atoms with van der Waals surface area (Å²) in [4.78, 5) is 10.7. The summed E-state index contributed by atoms with van der Waals surface area (Å²) in [6.45, 7) is 8.17. The second kappa shape index (κ2) is 3.71. The van der Waals surface area contributed by atoms with Gasteiger partial charge < -0.3 is 14.1 Å². The Kier molecular flexibility index (Phi) is 2.75. The monoisotopic (exact) mass is 222 g/mol. The lowest BCUT2D eigenvalue weighted by molar-refractivity contribution is -0.109. The highest BCUT2D eigenvalue weighted by Crippen LogP contribution is 2.40. The topological polar surface area (TPSA) is 35.5 Å². The maximum atomic E-state index is 10.7. The van der Waals surface area contributed by atoms with Gasteiger partial charge in [0.25, 0.3) is 0 Å². The first-order valence-electron chi connectivity index (χ1n) is 5.87. The predicted molar refractivity (Wildman–Crippen MR) is 63.0 cm³/mol. The molecule has 88 valence electrons. The van der Waals surface area contributed by atoms with Crippen molar-refractivity contribution in [2.24, 2.45) is 5.92 Å². The van der Waals surface area contributed by atoms with E-state index in [-0.39, 0.29) is 24.2 Å². The van der Waals surface area contributed by atoms with Gasteiger partial charge in [-0.3, -0.25) is 0 Å². The maximum absolute atomic E-state index is 10.7. The summed E-state index contributed by atoms with van der Waals surface area (Å²) < 4.78 is 11.9. The minimum Gasteiger partial charge on any atom is -0.400 e. The third kappa shape index (κ3) is 1.85. The van der Waals surface area contributed by atoms with Gasteiger partial charge in [0.05, 0.1) is 11.2 Å². The molecule has 4 heteroatoms. The molecular formula is C12H19BO3. The number of carbonyl (C=O) groups excluding carboxylic acids is 1. The highest BCUT2D eigenvalue weighted by atomic mass is 16.7. The van der Waals surface area contributed by atoms with Gasteiger partial charge in [-0.1, -0.05) is 6.08 Å². The molecule has 1 fully saturated rings. The van der Waals surface area contributed by atoms with E-state index in [0.717, 1.165) is 24.6 Å². The van der Waals surface area contributed by atoms with Crippen LogP contribution in [-0.4, -0.2) is 24.6 Å². The lowest BCUT2D eigenvalue weighted by Crippen LogP contribution is -2.41. The van der Waals surface area contributed by atoms with Crippen LogP contribution in [-0.2, 0) is 14.1 Å². The fraction of sp³-hybridized carbons (Fsp3) is 0.750. The van der Waals surface area contributed by atoms with Crippen molar-refractivity contribution in [3.05, 3.63) is 11.5 Å². The zero-order chi connectivity index (χ0) is 12.0. The van der Waals surface area contributed by atoms with Gasteiger partial charge in [0, 0.05) is 5.92 Å². The Labute approximate surface area is 97.3 Å². The van der Waals surface area contributed by atoms with Crippen LogP contribution in [0.15, 0.2) is 11.5 Å². The Morgan fingerprint density at radius 3 is 2.31 bits per heavy atom. The van der Waals surface area contributed by atoms with Crippen molar-refractivity contribution in [1.82, 2.24) is 0 Å². The molecule has 0 aromatic carbocycles. The predicted octanol–water partition coefficient (Wildman–Crippen LogP) is 2.15. The third-order valence-electron chi connectivity index (χ3n) is 3.93. The maximum Gasteiger partial charge on any atom is 0.490 e. The Balaban J connectivity index is 2.13. The molecule has 1 atom stereocenters. The SMILES string of the molecule is CC1(C)OB(C2=C[C@H](C=O)CC2)OC1(C)C. The smallest absolute Gasteiger partial charge is 0.400 e. The molecule has 0 radical (unpaired) electrons. The van der Waals surface area contributed by atoms with Gasteiger partial charge in [-0.25, -0.2) is 0 Å². The zero-order valence-electron chi connectivity index (χ0n) is 10.4. The fourth-order valence-corrected chi connectivity index (χ4v) is 2.07. The Hall–Kier alpha value is -0.605. The summed E-state index contributed by atoms with van der Waals surface area (Å²) in [5, 5.41) is 0. The van der Waals surface area contributed by atoms with Gasteiger partial charge in [0.15, 0.2) is 0 Å². The summed E-state index contributed by atoms with van der Waals surface area (Å²) in [6, 6.07) is 0. The van der Waals surface area contributed by atoms with E-state index >= 15 is 0 Å². The number of allylic oxidation sites excluding steroid dienone is 2. The fourth-order valence-electron chi connectivity index (χ4n) is 2.07. The normalized spacial score (nSPS) is 31.6. The zero-order valence-corrected chi connectivity index (χ0v) is 10.4. The number of aldehydes is 1. The molecule has 16 heavy (non-hydrogen) atoms. The van der Waals surface area contributed by atoms with Crippen LogP contribution in [0.25, 0.3) is 0 Å². The van der Waals surface area contributed by atoms with E-state index in [1.54, 1.807) is 0 Å². The molecule has 1 aliphatic carbocycles. The van der Waals surface area contributed by atoms with Crippen molar-refractivity contribution in [2.45, 2.75) is 51.7 Å². The van der Waals surface area contributed by atoms with E-state index in [4.69, 9.17) is 9.31 Å². The van der Waals surface area contributed by atoms with Gasteiger partial charge in [0.1, 0.15) is 6.29 Å². The minimum absolute atomic E-state index is 0.0500. The Morgan fingerprint density at radius 1 is 1.31 bits per heavy atom. The van der Waals surface area contributed by atoms with Crippen LogP contribution < -0.4 is 0 Å². The van der Waals surface area contributed by atoms with E-state index in [9.17, 15) is 4.79 Å². The van der Waals surface area contributed by atoms with Crippen molar-refractivity contribution < 1.29 is 14.1 Å². The largest absolute Gasteiger partial charge is 0.490 e. The summed E-state index contributed by atoms with van der Waals surface area (Å²) in [5.74, 6) is 0.0500. The van der Waals surface area contributed by atoms with E-state index in [1.165, 1.54) is 0 Å². The lowest BCUT2D eigenvalue weighted by atomic mass is 9.78. The molecule has 0 spiro atoms.